The molecule has 1 aliphatic rings. The highest BCUT2D eigenvalue weighted by Crippen LogP contribution is 2.16. The summed E-state index contributed by atoms with van der Waals surface area (Å²) in [5.41, 5.74) is 1.19. The fourth-order valence-corrected chi connectivity index (χ4v) is 2.94. The second kappa shape index (κ2) is 8.83. The van der Waals surface area contributed by atoms with Gasteiger partial charge in [0.1, 0.15) is 0 Å². The first-order valence-corrected chi connectivity index (χ1v) is 8.80. The summed E-state index contributed by atoms with van der Waals surface area (Å²) >= 11 is 0. The number of ether oxygens (including phenoxy) is 1. The maximum absolute atomic E-state index is 12.2. The maximum Gasteiger partial charge on any atom is 0.338 e. The average Bonchev–Trinajstić information content (AvgIpc) is 2.55. The van der Waals surface area contributed by atoms with E-state index in [0.29, 0.717) is 17.7 Å². The smallest absolute Gasteiger partial charge is 0.338 e. The molecule has 1 heterocycles. The topological polar surface area (TPSA) is 58.6 Å². The first kappa shape index (κ1) is 18.5. The number of hydrogen-bond acceptors (Lipinski definition) is 4. The molecular formula is C19H28N2O3. The number of carbonyl (C=O) groups excluding carboxylic acids is 2. The predicted octanol–water partition coefficient (Wildman–Crippen LogP) is 3.45. The summed E-state index contributed by atoms with van der Waals surface area (Å²) in [5.74, 6) is -0.341. The fraction of sp³-hybridized carbons (Fsp3) is 0.579. The van der Waals surface area contributed by atoms with Crippen LogP contribution in [0.3, 0.4) is 0 Å². The lowest BCUT2D eigenvalue weighted by atomic mass is 10.1. The minimum absolute atomic E-state index is 0.00517. The van der Waals surface area contributed by atoms with Gasteiger partial charge in [-0.3, -0.25) is 4.79 Å². The molecule has 1 N–H and O–H groups in total. The van der Waals surface area contributed by atoms with Crippen LogP contribution in [-0.4, -0.2) is 42.0 Å². The van der Waals surface area contributed by atoms with E-state index in [1.807, 2.05) is 13.8 Å². The van der Waals surface area contributed by atoms with Crippen LogP contribution >= 0.6 is 0 Å². The van der Waals surface area contributed by atoms with Gasteiger partial charge in [-0.05, 0) is 71.0 Å². The van der Waals surface area contributed by atoms with Crippen molar-refractivity contribution in [1.29, 1.82) is 0 Å². The lowest BCUT2D eigenvalue weighted by Gasteiger charge is -2.31. The van der Waals surface area contributed by atoms with Crippen molar-refractivity contribution in [3.8, 4) is 0 Å². The van der Waals surface area contributed by atoms with Crippen molar-refractivity contribution in [3.63, 3.8) is 0 Å². The number of nitrogens with one attached hydrogen (secondary N) is 1. The predicted molar refractivity (Wildman–Crippen MR) is 95.1 cm³/mol. The Balaban J connectivity index is 1.84. The van der Waals surface area contributed by atoms with Crippen molar-refractivity contribution in [2.45, 2.75) is 58.6 Å². The summed E-state index contributed by atoms with van der Waals surface area (Å²) in [6.45, 7) is 7.91. The van der Waals surface area contributed by atoms with Gasteiger partial charge in [0.2, 0.25) is 5.91 Å². The first-order chi connectivity index (χ1) is 11.5. The van der Waals surface area contributed by atoms with Crippen LogP contribution in [-0.2, 0) is 9.53 Å². The van der Waals surface area contributed by atoms with Gasteiger partial charge in [0, 0.05) is 18.2 Å². The molecule has 0 saturated carbocycles. The lowest BCUT2D eigenvalue weighted by molar-refractivity contribution is -0.117. The highest BCUT2D eigenvalue weighted by Gasteiger charge is 2.19. The first-order valence-electron chi connectivity index (χ1n) is 8.80. The van der Waals surface area contributed by atoms with E-state index in [1.165, 1.54) is 19.3 Å². The van der Waals surface area contributed by atoms with Crippen LogP contribution in [0, 0.1) is 0 Å². The molecule has 0 bridgehead atoms. The van der Waals surface area contributed by atoms with Gasteiger partial charge < -0.3 is 15.0 Å². The van der Waals surface area contributed by atoms with E-state index in [2.05, 4.69) is 17.1 Å². The highest BCUT2D eigenvalue weighted by atomic mass is 16.5. The van der Waals surface area contributed by atoms with Gasteiger partial charge in [-0.25, -0.2) is 4.79 Å². The molecule has 1 fully saturated rings. The largest absolute Gasteiger partial charge is 0.459 e. The van der Waals surface area contributed by atoms with E-state index in [9.17, 15) is 9.59 Å². The van der Waals surface area contributed by atoms with Crippen molar-refractivity contribution >= 4 is 17.6 Å². The molecule has 0 aliphatic carbocycles. The van der Waals surface area contributed by atoms with Gasteiger partial charge in [-0.1, -0.05) is 6.42 Å². The van der Waals surface area contributed by atoms with E-state index < -0.39 is 0 Å². The Kier molecular flexibility index (Phi) is 6.79. The molecule has 1 aromatic rings. The number of nitrogens with zero attached hydrogens (tertiary/aromatic N) is 1. The van der Waals surface area contributed by atoms with Crippen molar-refractivity contribution in [2.24, 2.45) is 0 Å². The number of likely N-dealkylation sites (tertiary alicyclic amines) is 1. The normalized spacial score (nSPS) is 16.7. The summed E-state index contributed by atoms with van der Waals surface area (Å²) in [5, 5.41) is 2.90. The molecule has 1 atom stereocenters. The molecule has 1 saturated heterocycles. The molecule has 1 unspecified atom stereocenters. The van der Waals surface area contributed by atoms with Gasteiger partial charge in [0.25, 0.3) is 0 Å². The summed E-state index contributed by atoms with van der Waals surface area (Å²) in [4.78, 5) is 26.4. The zero-order chi connectivity index (χ0) is 17.5. The van der Waals surface area contributed by atoms with Crippen molar-refractivity contribution in [2.75, 3.05) is 18.4 Å². The highest BCUT2D eigenvalue weighted by molar-refractivity contribution is 5.93. The maximum atomic E-state index is 12.2. The van der Waals surface area contributed by atoms with Gasteiger partial charge >= 0.3 is 5.97 Å². The second-order valence-electron chi connectivity index (χ2n) is 6.73. The van der Waals surface area contributed by atoms with Crippen LogP contribution in [0.1, 0.15) is 56.8 Å². The van der Waals surface area contributed by atoms with Crippen LogP contribution in [0.15, 0.2) is 24.3 Å². The number of benzene rings is 1. The van der Waals surface area contributed by atoms with Gasteiger partial charge in [-0.15, -0.1) is 0 Å². The Labute approximate surface area is 144 Å². The lowest BCUT2D eigenvalue weighted by Crippen LogP contribution is -2.39. The minimum atomic E-state index is -0.346. The van der Waals surface area contributed by atoms with Crippen LogP contribution in [0.5, 0.6) is 0 Å². The molecule has 5 heteroatoms. The Morgan fingerprint density at radius 1 is 1.08 bits per heavy atom. The molecule has 0 spiro atoms. The number of anilines is 1. The molecular weight excluding hydrogens is 304 g/mol. The van der Waals surface area contributed by atoms with Crippen molar-refractivity contribution in [1.82, 2.24) is 4.90 Å². The molecule has 132 valence electrons. The van der Waals surface area contributed by atoms with Gasteiger partial charge in [0.15, 0.2) is 0 Å². The number of piperidine rings is 1. The third kappa shape index (κ3) is 5.64. The third-order valence-electron chi connectivity index (χ3n) is 4.24. The van der Waals surface area contributed by atoms with Crippen LogP contribution < -0.4 is 5.32 Å². The number of amides is 1. The van der Waals surface area contributed by atoms with E-state index in [-0.39, 0.29) is 24.0 Å². The van der Waals surface area contributed by atoms with E-state index in [0.717, 1.165) is 13.1 Å². The zero-order valence-electron chi connectivity index (χ0n) is 14.9. The Bertz CT molecular complexity index is 548. The number of esters is 1. The summed E-state index contributed by atoms with van der Waals surface area (Å²) in [6.07, 6.45) is 4.07. The number of hydrogen-bond donors (Lipinski definition) is 1. The summed E-state index contributed by atoms with van der Waals surface area (Å²) in [6, 6.07) is 7.08. The van der Waals surface area contributed by atoms with Gasteiger partial charge in [0.05, 0.1) is 11.7 Å². The molecule has 2 rings (SSSR count). The molecule has 1 aromatic carbocycles. The zero-order valence-corrected chi connectivity index (χ0v) is 14.9. The van der Waals surface area contributed by atoms with E-state index >= 15 is 0 Å². The van der Waals surface area contributed by atoms with Crippen molar-refractivity contribution in [3.05, 3.63) is 29.8 Å². The SMILES string of the molecule is CC(C)OC(=O)c1ccc(NC(=O)CC(C)N2CCCCC2)cc1. The quantitative estimate of drug-likeness (QED) is 0.811. The number of rotatable bonds is 6. The monoisotopic (exact) mass is 332 g/mol. The fourth-order valence-electron chi connectivity index (χ4n) is 2.94. The molecule has 0 aromatic heterocycles. The molecule has 1 amide bonds. The van der Waals surface area contributed by atoms with Crippen LogP contribution in [0.25, 0.3) is 0 Å². The standard InChI is InChI=1S/C19H28N2O3/c1-14(2)24-19(23)16-7-9-17(10-8-16)20-18(22)13-15(3)21-11-5-4-6-12-21/h7-10,14-15H,4-6,11-13H2,1-3H3,(H,20,22). The summed E-state index contributed by atoms with van der Waals surface area (Å²) in [7, 11) is 0. The summed E-state index contributed by atoms with van der Waals surface area (Å²) < 4.78 is 5.15. The molecule has 24 heavy (non-hydrogen) atoms. The third-order valence-corrected chi connectivity index (χ3v) is 4.24. The van der Waals surface area contributed by atoms with Crippen molar-refractivity contribution < 1.29 is 14.3 Å². The Hall–Kier alpha value is -1.88. The molecule has 5 nitrogen and oxygen atoms in total. The van der Waals surface area contributed by atoms with E-state index in [4.69, 9.17) is 4.74 Å². The van der Waals surface area contributed by atoms with Crippen LogP contribution in [0.2, 0.25) is 0 Å². The molecule has 0 radical (unpaired) electrons. The second-order valence-corrected chi connectivity index (χ2v) is 6.73. The molecule has 1 aliphatic heterocycles. The van der Waals surface area contributed by atoms with E-state index in [1.54, 1.807) is 24.3 Å². The minimum Gasteiger partial charge on any atom is -0.459 e. The number of carbonyl (C=O) groups is 2. The van der Waals surface area contributed by atoms with Crippen LogP contribution in [0.4, 0.5) is 5.69 Å². The average molecular weight is 332 g/mol. The Morgan fingerprint density at radius 3 is 2.29 bits per heavy atom. The van der Waals surface area contributed by atoms with Gasteiger partial charge in [-0.2, -0.15) is 0 Å². The Morgan fingerprint density at radius 2 is 1.71 bits per heavy atom.